The van der Waals surface area contributed by atoms with Gasteiger partial charge in [0.1, 0.15) is 6.10 Å². The largest absolute Gasteiger partial charge is 0.474 e. The Bertz CT molecular complexity index is 923. The molecule has 1 aliphatic rings. The molecule has 2 aromatic carbocycles. The van der Waals surface area contributed by atoms with E-state index in [2.05, 4.69) is 29.2 Å². The highest BCUT2D eigenvalue weighted by Gasteiger charge is 2.24. The van der Waals surface area contributed by atoms with Gasteiger partial charge in [-0.15, -0.1) is 0 Å². The number of piperidine rings is 1. The second-order valence-corrected chi connectivity index (χ2v) is 7.19. The lowest BCUT2D eigenvalue weighted by Gasteiger charge is -2.32. The zero-order chi connectivity index (χ0) is 18.6. The summed E-state index contributed by atoms with van der Waals surface area (Å²) >= 11 is 0. The van der Waals surface area contributed by atoms with Crippen LogP contribution < -0.4 is 4.74 Å². The first-order valence-corrected chi connectivity index (χ1v) is 9.53. The first-order chi connectivity index (χ1) is 13.2. The molecule has 3 aromatic rings. The zero-order valence-electron chi connectivity index (χ0n) is 15.6. The van der Waals surface area contributed by atoms with Crippen LogP contribution in [-0.2, 0) is 11.2 Å². The fraction of sp³-hybridized carbons (Fsp3) is 0.304. The van der Waals surface area contributed by atoms with Gasteiger partial charge in [-0.3, -0.25) is 4.79 Å². The number of carbonyl (C=O) groups excluding carboxylic acids is 1. The molecule has 1 aliphatic heterocycles. The minimum Gasteiger partial charge on any atom is -0.474 e. The van der Waals surface area contributed by atoms with Gasteiger partial charge < -0.3 is 9.64 Å². The van der Waals surface area contributed by atoms with E-state index in [1.807, 2.05) is 48.4 Å². The number of benzene rings is 2. The molecule has 0 saturated carbocycles. The van der Waals surface area contributed by atoms with E-state index in [4.69, 9.17) is 4.74 Å². The van der Waals surface area contributed by atoms with Crippen LogP contribution >= 0.6 is 0 Å². The number of hydrogen-bond acceptors (Lipinski definition) is 3. The Hall–Kier alpha value is -2.88. The molecular formula is C23H24N2O2. The first-order valence-electron chi connectivity index (χ1n) is 9.53. The lowest BCUT2D eigenvalue weighted by molar-refractivity contribution is -0.132. The Morgan fingerprint density at radius 3 is 2.63 bits per heavy atom. The van der Waals surface area contributed by atoms with Gasteiger partial charge in [-0.2, -0.15) is 0 Å². The van der Waals surface area contributed by atoms with Crippen LogP contribution in [0.15, 0.2) is 60.8 Å². The van der Waals surface area contributed by atoms with Crippen molar-refractivity contribution in [3.8, 4) is 5.88 Å². The Kier molecular flexibility index (Phi) is 5.05. The number of carbonyl (C=O) groups is 1. The van der Waals surface area contributed by atoms with Crippen molar-refractivity contribution >= 4 is 16.7 Å². The van der Waals surface area contributed by atoms with Crippen LogP contribution in [-0.4, -0.2) is 35.0 Å². The van der Waals surface area contributed by atoms with E-state index in [0.29, 0.717) is 12.3 Å². The summed E-state index contributed by atoms with van der Waals surface area (Å²) in [6, 6.07) is 18.3. The predicted octanol–water partition coefficient (Wildman–Crippen LogP) is 4.16. The maximum absolute atomic E-state index is 12.8. The summed E-state index contributed by atoms with van der Waals surface area (Å²) < 4.78 is 5.97. The molecule has 0 N–H and O–H groups in total. The molecule has 1 aromatic heterocycles. The zero-order valence-corrected chi connectivity index (χ0v) is 15.6. The minimum absolute atomic E-state index is 0.127. The number of likely N-dealkylation sites (tertiary alicyclic amines) is 1. The van der Waals surface area contributed by atoms with E-state index in [0.717, 1.165) is 42.4 Å². The number of nitrogens with zero attached hydrogens (tertiary/aromatic N) is 2. The van der Waals surface area contributed by atoms with Gasteiger partial charge in [0, 0.05) is 38.2 Å². The summed E-state index contributed by atoms with van der Waals surface area (Å²) in [6.07, 6.45) is 4.08. The van der Waals surface area contributed by atoms with Crippen molar-refractivity contribution in [1.29, 1.82) is 0 Å². The van der Waals surface area contributed by atoms with Crippen molar-refractivity contribution in [3.05, 3.63) is 71.9 Å². The van der Waals surface area contributed by atoms with Crippen LogP contribution in [0.25, 0.3) is 10.8 Å². The van der Waals surface area contributed by atoms with E-state index in [-0.39, 0.29) is 12.0 Å². The maximum atomic E-state index is 12.8. The summed E-state index contributed by atoms with van der Waals surface area (Å²) in [6.45, 7) is 3.48. The predicted molar refractivity (Wildman–Crippen MR) is 107 cm³/mol. The lowest BCUT2D eigenvalue weighted by Crippen LogP contribution is -2.42. The van der Waals surface area contributed by atoms with Gasteiger partial charge in [0.15, 0.2) is 0 Å². The Balaban J connectivity index is 1.35. The number of amides is 1. The van der Waals surface area contributed by atoms with Gasteiger partial charge in [-0.25, -0.2) is 4.98 Å². The molecule has 1 fully saturated rings. The molecule has 0 atom stereocenters. The molecule has 0 aliphatic carbocycles. The van der Waals surface area contributed by atoms with Crippen molar-refractivity contribution in [3.63, 3.8) is 0 Å². The third-order valence-corrected chi connectivity index (χ3v) is 5.19. The smallest absolute Gasteiger partial charge is 0.227 e. The number of rotatable bonds is 4. The quantitative estimate of drug-likeness (QED) is 0.702. The molecule has 4 rings (SSSR count). The van der Waals surface area contributed by atoms with Gasteiger partial charge in [-0.05, 0) is 28.8 Å². The molecule has 0 bridgehead atoms. The minimum atomic E-state index is 0.127. The fourth-order valence-corrected chi connectivity index (χ4v) is 3.64. The second-order valence-electron chi connectivity index (χ2n) is 7.19. The van der Waals surface area contributed by atoms with Crippen LogP contribution in [0.2, 0.25) is 0 Å². The van der Waals surface area contributed by atoms with Crippen LogP contribution in [0.5, 0.6) is 5.88 Å². The molecule has 4 heteroatoms. The molecule has 0 unspecified atom stereocenters. The summed E-state index contributed by atoms with van der Waals surface area (Å²) in [5.41, 5.74) is 2.22. The molecule has 27 heavy (non-hydrogen) atoms. The fourth-order valence-electron chi connectivity index (χ4n) is 3.64. The third-order valence-electron chi connectivity index (χ3n) is 5.19. The number of aryl methyl sites for hydroxylation is 1. The highest BCUT2D eigenvalue weighted by Crippen LogP contribution is 2.21. The van der Waals surface area contributed by atoms with Crippen LogP contribution in [0.4, 0.5) is 0 Å². The molecular weight excluding hydrogens is 336 g/mol. The number of pyridine rings is 1. The van der Waals surface area contributed by atoms with Crippen molar-refractivity contribution in [2.45, 2.75) is 32.3 Å². The van der Waals surface area contributed by atoms with Gasteiger partial charge in [0.2, 0.25) is 11.8 Å². The Labute approximate surface area is 159 Å². The maximum Gasteiger partial charge on any atom is 0.227 e. The SMILES string of the molecule is Cc1ccc(OC2CCN(C(=O)Cc3cccc4ccccc34)CC2)nc1. The van der Waals surface area contributed by atoms with Gasteiger partial charge in [-0.1, -0.05) is 48.5 Å². The summed E-state index contributed by atoms with van der Waals surface area (Å²) in [7, 11) is 0. The lowest BCUT2D eigenvalue weighted by atomic mass is 10.0. The van der Waals surface area contributed by atoms with Crippen LogP contribution in [0, 0.1) is 6.92 Å². The summed E-state index contributed by atoms with van der Waals surface area (Å²) in [5, 5.41) is 2.34. The standard InChI is InChI=1S/C23H24N2O2/c1-17-9-10-22(24-16-17)27-20-11-13-25(14-12-20)23(26)15-19-7-4-6-18-5-2-3-8-21(18)19/h2-10,16,20H,11-15H2,1H3. The highest BCUT2D eigenvalue weighted by molar-refractivity contribution is 5.90. The molecule has 4 nitrogen and oxygen atoms in total. The number of hydrogen-bond donors (Lipinski definition) is 0. The molecule has 1 amide bonds. The summed E-state index contributed by atoms with van der Waals surface area (Å²) in [4.78, 5) is 19.1. The van der Waals surface area contributed by atoms with Crippen LogP contribution in [0.1, 0.15) is 24.0 Å². The van der Waals surface area contributed by atoms with E-state index in [1.54, 1.807) is 0 Å². The molecule has 0 spiro atoms. The van der Waals surface area contributed by atoms with E-state index >= 15 is 0 Å². The van der Waals surface area contributed by atoms with E-state index < -0.39 is 0 Å². The Morgan fingerprint density at radius 1 is 1.07 bits per heavy atom. The average Bonchev–Trinajstić information content (AvgIpc) is 2.70. The molecule has 2 heterocycles. The Morgan fingerprint density at radius 2 is 1.85 bits per heavy atom. The van der Waals surface area contributed by atoms with Crippen molar-refractivity contribution < 1.29 is 9.53 Å². The summed E-state index contributed by atoms with van der Waals surface area (Å²) in [5.74, 6) is 0.861. The second kappa shape index (κ2) is 7.78. The normalized spacial score (nSPS) is 15.1. The van der Waals surface area contributed by atoms with E-state index in [9.17, 15) is 4.79 Å². The number of fused-ring (bicyclic) bond motifs is 1. The van der Waals surface area contributed by atoms with Crippen molar-refractivity contribution in [2.75, 3.05) is 13.1 Å². The third kappa shape index (κ3) is 4.11. The average molecular weight is 360 g/mol. The van der Waals surface area contributed by atoms with Crippen molar-refractivity contribution in [2.24, 2.45) is 0 Å². The van der Waals surface area contributed by atoms with Crippen LogP contribution in [0.3, 0.4) is 0 Å². The number of ether oxygens (including phenoxy) is 1. The first kappa shape index (κ1) is 17.5. The van der Waals surface area contributed by atoms with Gasteiger partial charge >= 0.3 is 0 Å². The topological polar surface area (TPSA) is 42.4 Å². The number of aromatic nitrogens is 1. The monoisotopic (exact) mass is 360 g/mol. The highest BCUT2D eigenvalue weighted by atomic mass is 16.5. The molecule has 138 valence electrons. The molecule has 0 radical (unpaired) electrons. The van der Waals surface area contributed by atoms with Gasteiger partial charge in [0.05, 0.1) is 6.42 Å². The van der Waals surface area contributed by atoms with Gasteiger partial charge in [0.25, 0.3) is 0 Å². The van der Waals surface area contributed by atoms with E-state index in [1.165, 1.54) is 5.39 Å². The molecule has 1 saturated heterocycles. The van der Waals surface area contributed by atoms with Crippen molar-refractivity contribution in [1.82, 2.24) is 9.88 Å².